The summed E-state index contributed by atoms with van der Waals surface area (Å²) >= 11 is 0. The third-order valence-electron chi connectivity index (χ3n) is 1.08. The van der Waals surface area contributed by atoms with Gasteiger partial charge in [0.05, 0.1) is 0 Å². The topological polar surface area (TPSA) is 101 Å². The van der Waals surface area contributed by atoms with E-state index >= 15 is 0 Å². The molecule has 6 nitrogen and oxygen atoms in total. The average Bonchev–Trinajstić information content (AvgIpc) is 2.00. The molecule has 0 radical (unpaired) electrons. The Bertz CT molecular complexity index is 202. The molecule has 0 aromatic rings. The molecule has 68 valence electrons. The molecular weight excluding hydrogens is 162 g/mol. The van der Waals surface area contributed by atoms with E-state index in [9.17, 15) is 14.4 Å². The van der Waals surface area contributed by atoms with E-state index in [0.29, 0.717) is 0 Å². The van der Waals surface area contributed by atoms with Gasteiger partial charge in [-0.25, -0.2) is 4.79 Å². The molecule has 0 heterocycles. The van der Waals surface area contributed by atoms with Crippen molar-refractivity contribution in [2.45, 2.75) is 12.8 Å². The van der Waals surface area contributed by atoms with Gasteiger partial charge in [-0.3, -0.25) is 14.9 Å². The Morgan fingerprint density at radius 3 is 2.25 bits per heavy atom. The highest BCUT2D eigenvalue weighted by Gasteiger charge is 2.06. The minimum absolute atomic E-state index is 0.0528. The van der Waals surface area contributed by atoms with Crippen molar-refractivity contribution in [1.82, 2.24) is 10.6 Å². The zero-order valence-electron chi connectivity index (χ0n) is 6.72. The maximum atomic E-state index is 10.7. The molecule has 6 heteroatoms. The number of urea groups is 1. The van der Waals surface area contributed by atoms with Crippen molar-refractivity contribution in [1.29, 1.82) is 0 Å². The van der Waals surface area contributed by atoms with Gasteiger partial charge >= 0.3 is 6.03 Å². The van der Waals surface area contributed by atoms with Crippen molar-refractivity contribution in [2.24, 2.45) is 5.73 Å². The first kappa shape index (κ1) is 10.4. The summed E-state index contributed by atoms with van der Waals surface area (Å²) in [6, 6.07) is -0.593. The predicted octanol–water partition coefficient (Wildman–Crippen LogP) is -1.29. The van der Waals surface area contributed by atoms with Crippen molar-refractivity contribution >= 4 is 17.8 Å². The number of carbonyl (C=O) groups is 3. The number of hydrogen-bond acceptors (Lipinski definition) is 3. The highest BCUT2D eigenvalue weighted by molar-refractivity contribution is 5.95. The summed E-state index contributed by atoms with van der Waals surface area (Å²) in [6.07, 6.45) is -0.119. The lowest BCUT2D eigenvalue weighted by atomic mass is 10.3. The molecule has 0 aromatic carbocycles. The van der Waals surface area contributed by atoms with E-state index in [1.165, 1.54) is 7.05 Å². The molecular formula is C6H11N3O3. The summed E-state index contributed by atoms with van der Waals surface area (Å²) in [5, 5.41) is 4.18. The van der Waals surface area contributed by atoms with Crippen LogP contribution in [0.15, 0.2) is 0 Å². The number of hydrogen-bond donors (Lipinski definition) is 3. The summed E-state index contributed by atoms with van der Waals surface area (Å²) in [4.78, 5) is 31.4. The molecule has 0 atom stereocenters. The van der Waals surface area contributed by atoms with Crippen LogP contribution in [-0.4, -0.2) is 24.9 Å². The summed E-state index contributed by atoms with van der Waals surface area (Å²) < 4.78 is 0. The van der Waals surface area contributed by atoms with Gasteiger partial charge < -0.3 is 11.1 Å². The fourth-order valence-corrected chi connectivity index (χ4v) is 0.488. The predicted molar refractivity (Wildman–Crippen MR) is 41.0 cm³/mol. The Morgan fingerprint density at radius 1 is 1.25 bits per heavy atom. The largest absolute Gasteiger partial charge is 0.370 e. The third-order valence-corrected chi connectivity index (χ3v) is 1.08. The molecule has 0 unspecified atom stereocenters. The molecule has 0 saturated carbocycles. The standard InChI is InChI=1S/C6H11N3O3/c1-8-6(12)9-5(11)3-2-4(7)10/h2-3H2,1H3,(H2,7,10)(H2,8,9,11,12). The van der Waals surface area contributed by atoms with Gasteiger partial charge in [0.25, 0.3) is 0 Å². The van der Waals surface area contributed by atoms with E-state index in [2.05, 4.69) is 5.32 Å². The molecule has 0 aliphatic heterocycles. The Kier molecular flexibility index (Phi) is 4.43. The Balaban J connectivity index is 3.60. The molecule has 0 aliphatic carbocycles. The van der Waals surface area contributed by atoms with Crippen LogP contribution in [0.1, 0.15) is 12.8 Å². The first-order valence-electron chi connectivity index (χ1n) is 3.36. The minimum atomic E-state index is -0.593. The van der Waals surface area contributed by atoms with Gasteiger partial charge in [0.1, 0.15) is 0 Å². The van der Waals surface area contributed by atoms with E-state index in [1.54, 1.807) is 0 Å². The highest BCUT2D eigenvalue weighted by atomic mass is 16.2. The third kappa shape index (κ3) is 5.21. The fourth-order valence-electron chi connectivity index (χ4n) is 0.488. The number of primary amides is 1. The van der Waals surface area contributed by atoms with E-state index in [4.69, 9.17) is 5.73 Å². The monoisotopic (exact) mass is 173 g/mol. The van der Waals surface area contributed by atoms with Gasteiger partial charge in [-0.05, 0) is 0 Å². The molecule has 0 spiro atoms. The second-order valence-electron chi connectivity index (χ2n) is 2.09. The van der Waals surface area contributed by atoms with Gasteiger partial charge in [0, 0.05) is 19.9 Å². The van der Waals surface area contributed by atoms with Crippen LogP contribution in [0.3, 0.4) is 0 Å². The van der Waals surface area contributed by atoms with Crippen molar-refractivity contribution in [3.05, 3.63) is 0 Å². The number of nitrogens with two attached hydrogens (primary N) is 1. The van der Waals surface area contributed by atoms with Crippen molar-refractivity contribution in [3.8, 4) is 0 Å². The summed E-state index contributed by atoms with van der Waals surface area (Å²) in [7, 11) is 1.39. The number of amides is 4. The van der Waals surface area contributed by atoms with Gasteiger partial charge in [-0.2, -0.15) is 0 Å². The number of carbonyl (C=O) groups excluding carboxylic acids is 3. The molecule has 0 rings (SSSR count). The lowest BCUT2D eigenvalue weighted by molar-refractivity contribution is -0.124. The molecule has 0 bridgehead atoms. The molecule has 4 N–H and O–H groups in total. The van der Waals surface area contributed by atoms with Gasteiger partial charge in [0.15, 0.2) is 0 Å². The average molecular weight is 173 g/mol. The van der Waals surface area contributed by atoms with Crippen LogP contribution < -0.4 is 16.4 Å². The van der Waals surface area contributed by atoms with Crippen molar-refractivity contribution < 1.29 is 14.4 Å². The molecule has 0 fully saturated rings. The maximum Gasteiger partial charge on any atom is 0.321 e. The second kappa shape index (κ2) is 5.11. The SMILES string of the molecule is CNC(=O)NC(=O)CCC(N)=O. The second-order valence-corrected chi connectivity index (χ2v) is 2.09. The molecule has 12 heavy (non-hydrogen) atoms. The van der Waals surface area contributed by atoms with E-state index in [1.807, 2.05) is 5.32 Å². The Morgan fingerprint density at radius 2 is 1.83 bits per heavy atom. The van der Waals surface area contributed by atoms with E-state index in [0.717, 1.165) is 0 Å². The Labute approximate surface area is 69.5 Å². The summed E-state index contributed by atoms with van der Waals surface area (Å²) in [5.74, 6) is -1.09. The van der Waals surface area contributed by atoms with Crippen LogP contribution in [0, 0.1) is 0 Å². The van der Waals surface area contributed by atoms with Crippen LogP contribution >= 0.6 is 0 Å². The Hall–Kier alpha value is -1.59. The van der Waals surface area contributed by atoms with Crippen LogP contribution in [0.2, 0.25) is 0 Å². The van der Waals surface area contributed by atoms with Gasteiger partial charge in [-0.15, -0.1) is 0 Å². The summed E-state index contributed by atoms with van der Waals surface area (Å²) in [6.45, 7) is 0. The van der Waals surface area contributed by atoms with Crippen LogP contribution in [0.4, 0.5) is 4.79 Å². The van der Waals surface area contributed by atoms with Crippen LogP contribution in [-0.2, 0) is 9.59 Å². The quantitative estimate of drug-likeness (QED) is 0.494. The molecule has 4 amide bonds. The zero-order valence-corrected chi connectivity index (χ0v) is 6.72. The number of imide groups is 1. The smallest absolute Gasteiger partial charge is 0.321 e. The maximum absolute atomic E-state index is 10.7. The van der Waals surface area contributed by atoms with Gasteiger partial charge in [-0.1, -0.05) is 0 Å². The van der Waals surface area contributed by atoms with Crippen molar-refractivity contribution in [3.63, 3.8) is 0 Å². The normalized spacial score (nSPS) is 8.75. The van der Waals surface area contributed by atoms with E-state index in [-0.39, 0.29) is 12.8 Å². The molecule has 0 aliphatic rings. The van der Waals surface area contributed by atoms with Crippen LogP contribution in [0.25, 0.3) is 0 Å². The van der Waals surface area contributed by atoms with E-state index < -0.39 is 17.8 Å². The number of nitrogens with one attached hydrogen (secondary N) is 2. The lowest BCUT2D eigenvalue weighted by Gasteiger charge is -2.00. The fraction of sp³-hybridized carbons (Fsp3) is 0.500. The highest BCUT2D eigenvalue weighted by Crippen LogP contribution is 1.86. The first-order valence-corrected chi connectivity index (χ1v) is 3.36. The minimum Gasteiger partial charge on any atom is -0.370 e. The zero-order chi connectivity index (χ0) is 9.56. The van der Waals surface area contributed by atoms with Gasteiger partial charge in [0.2, 0.25) is 11.8 Å². The lowest BCUT2D eigenvalue weighted by Crippen LogP contribution is -2.37. The first-order chi connectivity index (χ1) is 5.56. The molecule has 0 saturated heterocycles. The number of rotatable bonds is 3. The summed E-state index contributed by atoms with van der Waals surface area (Å²) in [5.41, 5.74) is 4.78. The van der Waals surface area contributed by atoms with Crippen LogP contribution in [0.5, 0.6) is 0 Å². The van der Waals surface area contributed by atoms with Crippen molar-refractivity contribution in [2.75, 3.05) is 7.05 Å². The molecule has 0 aromatic heterocycles.